The van der Waals surface area contributed by atoms with Crippen molar-refractivity contribution in [3.05, 3.63) is 66.1 Å². The Balaban J connectivity index is 1.62. The third-order valence-electron chi connectivity index (χ3n) is 5.18. The van der Waals surface area contributed by atoms with E-state index in [1.54, 1.807) is 24.3 Å². The summed E-state index contributed by atoms with van der Waals surface area (Å²) in [7, 11) is 0. The van der Waals surface area contributed by atoms with Gasteiger partial charge in [-0.3, -0.25) is 0 Å². The van der Waals surface area contributed by atoms with E-state index >= 15 is 0 Å². The first-order valence-corrected chi connectivity index (χ1v) is 10.4. The molecular formula is C23H22F4N4O. The van der Waals surface area contributed by atoms with Gasteiger partial charge in [-0.05, 0) is 62.1 Å². The summed E-state index contributed by atoms with van der Waals surface area (Å²) in [5.41, 5.74) is -0.178. The second-order valence-corrected chi connectivity index (χ2v) is 7.58. The predicted octanol–water partition coefficient (Wildman–Crippen LogP) is 6.83. The minimum atomic E-state index is -4.66. The van der Waals surface area contributed by atoms with Gasteiger partial charge in [0.15, 0.2) is 0 Å². The third kappa shape index (κ3) is 5.46. The molecule has 32 heavy (non-hydrogen) atoms. The van der Waals surface area contributed by atoms with E-state index in [0.29, 0.717) is 23.3 Å². The van der Waals surface area contributed by atoms with Crippen molar-refractivity contribution in [3.63, 3.8) is 0 Å². The number of anilines is 4. The number of halogens is 4. The van der Waals surface area contributed by atoms with Gasteiger partial charge < -0.3 is 15.4 Å². The molecule has 0 bridgehead atoms. The molecule has 1 aliphatic rings. The van der Waals surface area contributed by atoms with Crippen molar-refractivity contribution in [2.45, 2.75) is 44.4 Å². The van der Waals surface area contributed by atoms with Gasteiger partial charge in [0.1, 0.15) is 22.9 Å². The van der Waals surface area contributed by atoms with Crippen LogP contribution in [0, 0.1) is 5.82 Å². The van der Waals surface area contributed by atoms with Crippen LogP contribution in [0.2, 0.25) is 0 Å². The Bertz CT molecular complexity index is 1050. The fourth-order valence-corrected chi connectivity index (χ4v) is 3.57. The van der Waals surface area contributed by atoms with Gasteiger partial charge in [-0.25, -0.2) is 9.37 Å². The maximum atomic E-state index is 13.6. The van der Waals surface area contributed by atoms with Crippen molar-refractivity contribution < 1.29 is 22.3 Å². The molecule has 1 heterocycles. The van der Waals surface area contributed by atoms with E-state index in [1.165, 1.54) is 30.7 Å². The Labute approximate surface area is 182 Å². The first kappa shape index (κ1) is 21.9. The number of nitrogens with zero attached hydrogens (tertiary/aromatic N) is 2. The molecular weight excluding hydrogens is 424 g/mol. The van der Waals surface area contributed by atoms with Crippen molar-refractivity contribution in [3.8, 4) is 5.75 Å². The number of benzene rings is 2. The van der Waals surface area contributed by atoms with Gasteiger partial charge in [0.05, 0.1) is 11.8 Å². The normalized spacial score (nSPS) is 14.8. The SMILES string of the molecule is Fc1ccc(Nc2ncc(C(F)(F)F)c(Nc3ccccc3OC3CCCCC3)n2)cc1. The molecule has 2 aromatic carbocycles. The van der Waals surface area contributed by atoms with E-state index in [1.807, 2.05) is 0 Å². The standard InChI is InChI=1S/C23H22F4N4O/c24-15-10-12-16(13-11-15)29-22-28-14-18(23(25,26)27)21(31-22)30-19-8-4-5-9-20(19)32-17-6-2-1-3-7-17/h4-5,8-14,17H,1-3,6-7H2,(H2,28,29,30,31). The number of rotatable bonds is 6. The Morgan fingerprint density at radius 1 is 0.906 bits per heavy atom. The summed E-state index contributed by atoms with van der Waals surface area (Å²) in [5.74, 6) is -0.422. The maximum absolute atomic E-state index is 13.6. The highest BCUT2D eigenvalue weighted by Gasteiger charge is 2.35. The summed E-state index contributed by atoms with van der Waals surface area (Å²) in [6, 6.07) is 12.2. The number of aromatic nitrogens is 2. The minimum absolute atomic E-state index is 0.0369. The Hall–Kier alpha value is -3.36. The topological polar surface area (TPSA) is 59.1 Å². The van der Waals surface area contributed by atoms with Gasteiger partial charge in [0, 0.05) is 11.9 Å². The Morgan fingerprint density at radius 3 is 2.34 bits per heavy atom. The van der Waals surface area contributed by atoms with Crippen LogP contribution >= 0.6 is 0 Å². The predicted molar refractivity (Wildman–Crippen MR) is 114 cm³/mol. The summed E-state index contributed by atoms with van der Waals surface area (Å²) in [6.07, 6.45) is 1.24. The molecule has 0 amide bonds. The number of para-hydroxylation sites is 2. The van der Waals surface area contributed by atoms with E-state index in [2.05, 4.69) is 20.6 Å². The monoisotopic (exact) mass is 446 g/mol. The molecule has 2 N–H and O–H groups in total. The third-order valence-corrected chi connectivity index (χ3v) is 5.18. The van der Waals surface area contributed by atoms with Crippen LogP contribution in [0.25, 0.3) is 0 Å². The van der Waals surface area contributed by atoms with Gasteiger partial charge in [-0.15, -0.1) is 0 Å². The second-order valence-electron chi connectivity index (χ2n) is 7.58. The van der Waals surface area contributed by atoms with Crippen molar-refractivity contribution >= 4 is 23.1 Å². The lowest BCUT2D eigenvalue weighted by molar-refractivity contribution is -0.137. The van der Waals surface area contributed by atoms with Crippen LogP contribution < -0.4 is 15.4 Å². The molecule has 168 valence electrons. The van der Waals surface area contributed by atoms with Crippen LogP contribution in [0.3, 0.4) is 0 Å². The van der Waals surface area contributed by atoms with Crippen LogP contribution in [-0.2, 0) is 6.18 Å². The molecule has 9 heteroatoms. The highest BCUT2D eigenvalue weighted by molar-refractivity contribution is 5.67. The summed E-state index contributed by atoms with van der Waals surface area (Å²) < 4.78 is 60.0. The van der Waals surface area contributed by atoms with Gasteiger partial charge in [-0.2, -0.15) is 18.2 Å². The van der Waals surface area contributed by atoms with Gasteiger partial charge >= 0.3 is 6.18 Å². The molecule has 0 aliphatic heterocycles. The molecule has 5 nitrogen and oxygen atoms in total. The lowest BCUT2D eigenvalue weighted by Gasteiger charge is -2.24. The van der Waals surface area contributed by atoms with Crippen LogP contribution in [0.5, 0.6) is 5.75 Å². The van der Waals surface area contributed by atoms with E-state index < -0.39 is 23.4 Å². The zero-order valence-corrected chi connectivity index (χ0v) is 17.1. The highest BCUT2D eigenvalue weighted by atomic mass is 19.4. The van der Waals surface area contributed by atoms with Crippen LogP contribution in [-0.4, -0.2) is 16.1 Å². The van der Waals surface area contributed by atoms with E-state index in [-0.39, 0.29) is 12.1 Å². The smallest absolute Gasteiger partial charge is 0.421 e. The molecule has 3 aromatic rings. The zero-order chi connectivity index (χ0) is 22.6. The molecule has 1 saturated carbocycles. The van der Waals surface area contributed by atoms with Crippen LogP contribution in [0.1, 0.15) is 37.7 Å². The quantitative estimate of drug-likeness (QED) is 0.406. The van der Waals surface area contributed by atoms with Gasteiger partial charge in [0.2, 0.25) is 5.95 Å². The van der Waals surface area contributed by atoms with Gasteiger partial charge in [0.25, 0.3) is 0 Å². The largest absolute Gasteiger partial charge is 0.488 e. The number of nitrogens with one attached hydrogen (secondary N) is 2. The van der Waals surface area contributed by atoms with E-state index in [0.717, 1.165) is 25.7 Å². The van der Waals surface area contributed by atoms with E-state index in [9.17, 15) is 17.6 Å². The van der Waals surface area contributed by atoms with Crippen LogP contribution in [0.15, 0.2) is 54.7 Å². The zero-order valence-electron chi connectivity index (χ0n) is 17.1. The Morgan fingerprint density at radius 2 is 1.62 bits per heavy atom. The number of hydrogen-bond donors (Lipinski definition) is 2. The average molecular weight is 446 g/mol. The molecule has 0 saturated heterocycles. The summed E-state index contributed by atoms with van der Waals surface area (Å²) in [5, 5.41) is 5.57. The Kier molecular flexibility index (Phi) is 6.43. The first-order chi connectivity index (χ1) is 15.4. The van der Waals surface area contributed by atoms with Crippen molar-refractivity contribution in [2.75, 3.05) is 10.6 Å². The fraction of sp³-hybridized carbons (Fsp3) is 0.304. The molecule has 0 radical (unpaired) electrons. The summed E-state index contributed by atoms with van der Waals surface area (Å²) in [4.78, 5) is 7.81. The molecule has 0 unspecified atom stereocenters. The van der Waals surface area contributed by atoms with Crippen molar-refractivity contribution in [1.29, 1.82) is 0 Å². The molecule has 4 rings (SSSR count). The summed E-state index contributed by atoms with van der Waals surface area (Å²) in [6.45, 7) is 0. The van der Waals surface area contributed by atoms with Gasteiger partial charge in [-0.1, -0.05) is 18.6 Å². The highest BCUT2D eigenvalue weighted by Crippen LogP contribution is 2.37. The first-order valence-electron chi connectivity index (χ1n) is 10.4. The number of hydrogen-bond acceptors (Lipinski definition) is 5. The maximum Gasteiger partial charge on any atom is 0.421 e. The lowest BCUT2D eigenvalue weighted by atomic mass is 9.98. The molecule has 1 aromatic heterocycles. The van der Waals surface area contributed by atoms with E-state index in [4.69, 9.17) is 4.74 Å². The van der Waals surface area contributed by atoms with Crippen LogP contribution in [0.4, 0.5) is 40.7 Å². The van der Waals surface area contributed by atoms with Crippen molar-refractivity contribution in [1.82, 2.24) is 9.97 Å². The molecule has 0 atom stereocenters. The molecule has 1 aliphatic carbocycles. The number of ether oxygens (including phenoxy) is 1. The van der Waals surface area contributed by atoms with Crippen molar-refractivity contribution in [2.24, 2.45) is 0 Å². The fourth-order valence-electron chi connectivity index (χ4n) is 3.57. The molecule has 0 spiro atoms. The average Bonchev–Trinajstić information content (AvgIpc) is 2.77. The lowest BCUT2D eigenvalue weighted by Crippen LogP contribution is -2.20. The summed E-state index contributed by atoms with van der Waals surface area (Å²) >= 11 is 0. The second kappa shape index (κ2) is 9.42. The number of alkyl halides is 3. The molecule has 1 fully saturated rings. The minimum Gasteiger partial charge on any atom is -0.488 e.